The van der Waals surface area contributed by atoms with Crippen molar-refractivity contribution >= 4 is 23.2 Å². The van der Waals surface area contributed by atoms with Crippen LogP contribution in [0.4, 0.5) is 11.4 Å². The average Bonchev–Trinajstić information content (AvgIpc) is 2.54. The topological polar surface area (TPSA) is 49.4 Å². The van der Waals surface area contributed by atoms with E-state index in [1.807, 2.05) is 38.1 Å². The van der Waals surface area contributed by atoms with Gasteiger partial charge in [-0.2, -0.15) is 0 Å². The molecule has 2 rings (SSSR count). The molecule has 2 amide bonds. The van der Waals surface area contributed by atoms with Crippen LogP contribution in [0.2, 0.25) is 0 Å². The van der Waals surface area contributed by atoms with Gasteiger partial charge in [-0.1, -0.05) is 18.1 Å². The van der Waals surface area contributed by atoms with Gasteiger partial charge in [0.15, 0.2) is 0 Å². The first kappa shape index (κ1) is 17.3. The van der Waals surface area contributed by atoms with Crippen LogP contribution in [0.25, 0.3) is 0 Å². The van der Waals surface area contributed by atoms with E-state index in [1.54, 1.807) is 29.2 Å². The predicted octanol–water partition coefficient (Wildman–Crippen LogP) is 3.68. The number of benzene rings is 2. The van der Waals surface area contributed by atoms with Gasteiger partial charge in [-0.05, 0) is 50.2 Å². The summed E-state index contributed by atoms with van der Waals surface area (Å²) in [7, 11) is 0. The van der Waals surface area contributed by atoms with Gasteiger partial charge in [0.25, 0.3) is 5.91 Å². The van der Waals surface area contributed by atoms with Crippen molar-refractivity contribution in [1.82, 2.24) is 0 Å². The largest absolute Gasteiger partial charge is 0.326 e. The smallest absolute Gasteiger partial charge is 0.258 e. The van der Waals surface area contributed by atoms with Crippen LogP contribution in [0.15, 0.2) is 48.5 Å². The Kier molecular flexibility index (Phi) is 5.39. The molecule has 1 N–H and O–H groups in total. The number of rotatable bonds is 4. The van der Waals surface area contributed by atoms with E-state index < -0.39 is 0 Å². The van der Waals surface area contributed by atoms with E-state index in [-0.39, 0.29) is 17.9 Å². The molecule has 0 saturated carbocycles. The lowest BCUT2D eigenvalue weighted by molar-refractivity contribution is -0.114. The summed E-state index contributed by atoms with van der Waals surface area (Å²) in [6.45, 7) is 5.32. The second kappa shape index (κ2) is 7.47. The molecule has 2 aromatic rings. The SMILES string of the molecule is C#Cc1cccc(N(C(=O)c2cccc(NC(C)=O)c2)C(C)C)c1. The Morgan fingerprint density at radius 1 is 1.12 bits per heavy atom. The molecule has 0 bridgehead atoms. The monoisotopic (exact) mass is 320 g/mol. The molecule has 0 heterocycles. The molecule has 0 radical (unpaired) electrons. The van der Waals surface area contributed by atoms with Gasteiger partial charge < -0.3 is 10.2 Å². The number of nitrogens with zero attached hydrogens (tertiary/aromatic N) is 1. The van der Waals surface area contributed by atoms with Crippen molar-refractivity contribution in [2.45, 2.75) is 26.8 Å². The summed E-state index contributed by atoms with van der Waals surface area (Å²) in [5, 5.41) is 2.69. The molecule has 2 aromatic carbocycles. The highest BCUT2D eigenvalue weighted by Crippen LogP contribution is 2.22. The number of anilines is 2. The minimum absolute atomic E-state index is 0.0463. The van der Waals surface area contributed by atoms with Gasteiger partial charge in [0.2, 0.25) is 5.91 Å². The van der Waals surface area contributed by atoms with Crippen LogP contribution in [0.5, 0.6) is 0 Å². The van der Waals surface area contributed by atoms with Crippen molar-refractivity contribution in [2.75, 3.05) is 10.2 Å². The molecule has 0 spiro atoms. The zero-order chi connectivity index (χ0) is 17.7. The lowest BCUT2D eigenvalue weighted by Gasteiger charge is -2.27. The van der Waals surface area contributed by atoms with E-state index in [0.29, 0.717) is 11.3 Å². The zero-order valence-electron chi connectivity index (χ0n) is 14.0. The molecule has 24 heavy (non-hydrogen) atoms. The fraction of sp³-hybridized carbons (Fsp3) is 0.200. The Bertz CT molecular complexity index is 803. The number of nitrogens with one attached hydrogen (secondary N) is 1. The highest BCUT2D eigenvalue weighted by atomic mass is 16.2. The number of carbonyl (C=O) groups excluding carboxylic acids is 2. The normalized spacial score (nSPS) is 10.1. The molecule has 0 atom stereocenters. The second-order valence-electron chi connectivity index (χ2n) is 5.73. The van der Waals surface area contributed by atoms with Gasteiger partial charge >= 0.3 is 0 Å². The maximum Gasteiger partial charge on any atom is 0.258 e. The summed E-state index contributed by atoms with van der Waals surface area (Å²) in [5.74, 6) is 2.26. The van der Waals surface area contributed by atoms with Crippen molar-refractivity contribution in [3.05, 3.63) is 59.7 Å². The molecule has 0 saturated heterocycles. The van der Waals surface area contributed by atoms with Gasteiger partial charge in [-0.15, -0.1) is 6.42 Å². The summed E-state index contributed by atoms with van der Waals surface area (Å²) >= 11 is 0. The van der Waals surface area contributed by atoms with E-state index in [1.165, 1.54) is 6.92 Å². The lowest BCUT2D eigenvalue weighted by Crippen LogP contribution is -2.37. The summed E-state index contributed by atoms with van der Waals surface area (Å²) in [6.07, 6.45) is 5.45. The van der Waals surface area contributed by atoms with Gasteiger partial charge in [0.1, 0.15) is 0 Å². The Labute approximate surface area is 142 Å². The first-order valence-electron chi connectivity index (χ1n) is 7.70. The van der Waals surface area contributed by atoms with Crippen molar-refractivity contribution in [3.8, 4) is 12.3 Å². The zero-order valence-corrected chi connectivity index (χ0v) is 14.0. The molecule has 0 fully saturated rings. The van der Waals surface area contributed by atoms with Crippen LogP contribution < -0.4 is 10.2 Å². The summed E-state index contributed by atoms with van der Waals surface area (Å²) in [5.41, 5.74) is 2.56. The van der Waals surface area contributed by atoms with Crippen LogP contribution in [-0.4, -0.2) is 17.9 Å². The molecule has 122 valence electrons. The molecule has 4 nitrogen and oxygen atoms in total. The molecular formula is C20H20N2O2. The highest BCUT2D eigenvalue weighted by molar-refractivity contribution is 6.07. The van der Waals surface area contributed by atoms with Crippen LogP contribution in [0, 0.1) is 12.3 Å². The van der Waals surface area contributed by atoms with Crippen LogP contribution in [0.1, 0.15) is 36.7 Å². The predicted molar refractivity (Wildman–Crippen MR) is 97.1 cm³/mol. The molecular weight excluding hydrogens is 300 g/mol. The van der Waals surface area contributed by atoms with Gasteiger partial charge in [0.05, 0.1) is 0 Å². The van der Waals surface area contributed by atoms with Crippen molar-refractivity contribution in [2.24, 2.45) is 0 Å². The van der Waals surface area contributed by atoms with E-state index in [4.69, 9.17) is 6.42 Å². The van der Waals surface area contributed by atoms with Crippen LogP contribution >= 0.6 is 0 Å². The molecule has 0 aliphatic rings. The number of carbonyl (C=O) groups is 2. The molecule has 0 aliphatic carbocycles. The fourth-order valence-electron chi connectivity index (χ4n) is 2.47. The Hall–Kier alpha value is -3.06. The van der Waals surface area contributed by atoms with Crippen LogP contribution in [0.3, 0.4) is 0 Å². The minimum Gasteiger partial charge on any atom is -0.326 e. The van der Waals surface area contributed by atoms with Crippen molar-refractivity contribution in [1.29, 1.82) is 0 Å². The van der Waals surface area contributed by atoms with E-state index in [0.717, 1.165) is 11.3 Å². The first-order chi connectivity index (χ1) is 11.4. The standard InChI is InChI=1S/C20H20N2O2/c1-5-16-8-6-11-19(12-16)22(14(2)3)20(24)17-9-7-10-18(13-17)21-15(4)23/h1,6-14H,2-4H3,(H,21,23). The van der Waals surface area contributed by atoms with E-state index >= 15 is 0 Å². The van der Waals surface area contributed by atoms with Gasteiger partial charge in [-0.25, -0.2) is 0 Å². The quantitative estimate of drug-likeness (QED) is 0.874. The molecule has 0 unspecified atom stereocenters. The highest BCUT2D eigenvalue weighted by Gasteiger charge is 2.21. The third-order valence-corrected chi connectivity index (χ3v) is 3.46. The number of hydrogen-bond donors (Lipinski definition) is 1. The maximum atomic E-state index is 13.0. The number of hydrogen-bond acceptors (Lipinski definition) is 2. The first-order valence-corrected chi connectivity index (χ1v) is 7.70. The van der Waals surface area contributed by atoms with E-state index in [9.17, 15) is 9.59 Å². The van der Waals surface area contributed by atoms with Gasteiger partial charge in [-0.3, -0.25) is 9.59 Å². The number of terminal acetylenes is 1. The third-order valence-electron chi connectivity index (χ3n) is 3.46. The van der Waals surface area contributed by atoms with E-state index in [2.05, 4.69) is 11.2 Å². The van der Waals surface area contributed by atoms with Crippen LogP contribution in [-0.2, 0) is 4.79 Å². The lowest BCUT2D eigenvalue weighted by atomic mass is 10.1. The summed E-state index contributed by atoms with van der Waals surface area (Å²) in [6, 6.07) is 14.2. The minimum atomic E-state index is -0.179. The average molecular weight is 320 g/mol. The van der Waals surface area contributed by atoms with Crippen molar-refractivity contribution < 1.29 is 9.59 Å². The fourth-order valence-corrected chi connectivity index (χ4v) is 2.47. The summed E-state index contributed by atoms with van der Waals surface area (Å²) < 4.78 is 0. The Morgan fingerprint density at radius 2 is 1.83 bits per heavy atom. The van der Waals surface area contributed by atoms with Crippen molar-refractivity contribution in [3.63, 3.8) is 0 Å². The maximum absolute atomic E-state index is 13.0. The third kappa shape index (κ3) is 4.02. The molecule has 0 aromatic heterocycles. The summed E-state index contributed by atoms with van der Waals surface area (Å²) in [4.78, 5) is 25.9. The number of amides is 2. The Morgan fingerprint density at radius 3 is 2.46 bits per heavy atom. The molecule has 4 heteroatoms. The second-order valence-corrected chi connectivity index (χ2v) is 5.73. The van der Waals surface area contributed by atoms with Gasteiger partial charge in [0, 0.05) is 35.5 Å². The molecule has 0 aliphatic heterocycles. The Balaban J connectivity index is 2.39.